The molecule has 1 aromatic heterocycles. The van der Waals surface area contributed by atoms with Gasteiger partial charge in [-0.15, -0.1) is 0 Å². The Kier molecular flexibility index (Phi) is 3.13. The minimum Gasteiger partial charge on any atom is -0.320 e. The van der Waals surface area contributed by atoms with Crippen LogP contribution in [0.1, 0.15) is 5.56 Å². The van der Waals surface area contributed by atoms with Gasteiger partial charge in [0.25, 0.3) is 5.56 Å². The normalized spacial score (nSPS) is 10.4. The first-order chi connectivity index (χ1) is 9.70. The third-order valence-corrected chi connectivity index (χ3v) is 3.99. The Morgan fingerprint density at radius 1 is 1.00 bits per heavy atom. The molecule has 3 aromatic rings. The number of nitriles is 1. The zero-order valence-corrected chi connectivity index (χ0v) is 11.9. The average Bonchev–Trinajstić information content (AvgIpc) is 2.51. The van der Waals surface area contributed by atoms with E-state index in [2.05, 4.69) is 27.0 Å². The van der Waals surface area contributed by atoms with Gasteiger partial charge in [0.05, 0.1) is 17.3 Å². The van der Waals surface area contributed by atoms with Gasteiger partial charge in [-0.2, -0.15) is 5.26 Å². The number of halogens is 1. The largest absolute Gasteiger partial charge is 0.320 e. The first-order valence-corrected chi connectivity index (χ1v) is 6.81. The SMILES string of the molecule is N#Cc1ccc(-c2[nH]c(=O)c3ccccc3c2Br)cc1. The number of pyridine rings is 1. The van der Waals surface area contributed by atoms with Gasteiger partial charge in [-0.05, 0) is 39.7 Å². The molecule has 0 unspecified atom stereocenters. The fraction of sp³-hybridized carbons (Fsp3) is 0. The molecule has 0 aliphatic rings. The topological polar surface area (TPSA) is 56.6 Å². The van der Waals surface area contributed by atoms with Crippen LogP contribution in [0.15, 0.2) is 57.8 Å². The number of nitrogens with zero attached hydrogens (tertiary/aromatic N) is 1. The van der Waals surface area contributed by atoms with Crippen molar-refractivity contribution in [3.63, 3.8) is 0 Å². The third kappa shape index (κ3) is 2.02. The molecule has 0 saturated heterocycles. The molecule has 0 spiro atoms. The summed E-state index contributed by atoms with van der Waals surface area (Å²) in [7, 11) is 0. The smallest absolute Gasteiger partial charge is 0.256 e. The Balaban J connectivity index is 2.29. The van der Waals surface area contributed by atoms with Crippen LogP contribution in [0.25, 0.3) is 22.0 Å². The van der Waals surface area contributed by atoms with E-state index in [0.29, 0.717) is 10.9 Å². The van der Waals surface area contributed by atoms with Gasteiger partial charge in [-0.1, -0.05) is 30.3 Å². The van der Waals surface area contributed by atoms with Crippen LogP contribution in [-0.4, -0.2) is 4.98 Å². The molecule has 1 N–H and O–H groups in total. The summed E-state index contributed by atoms with van der Waals surface area (Å²) in [5, 5.41) is 10.3. The van der Waals surface area contributed by atoms with Crippen molar-refractivity contribution in [1.82, 2.24) is 4.98 Å². The zero-order chi connectivity index (χ0) is 14.1. The fourth-order valence-corrected chi connectivity index (χ4v) is 2.83. The van der Waals surface area contributed by atoms with E-state index in [1.165, 1.54) is 0 Å². The lowest BCUT2D eigenvalue weighted by atomic mass is 10.1. The molecule has 96 valence electrons. The number of hydrogen-bond acceptors (Lipinski definition) is 2. The van der Waals surface area contributed by atoms with Crippen LogP contribution in [0.4, 0.5) is 0 Å². The van der Waals surface area contributed by atoms with E-state index in [1.807, 2.05) is 30.3 Å². The van der Waals surface area contributed by atoms with E-state index >= 15 is 0 Å². The Morgan fingerprint density at radius 3 is 2.30 bits per heavy atom. The van der Waals surface area contributed by atoms with Gasteiger partial charge in [0.1, 0.15) is 0 Å². The summed E-state index contributed by atoms with van der Waals surface area (Å²) in [6.07, 6.45) is 0. The second kappa shape index (κ2) is 4.95. The summed E-state index contributed by atoms with van der Waals surface area (Å²) >= 11 is 3.55. The lowest BCUT2D eigenvalue weighted by Gasteiger charge is -2.08. The van der Waals surface area contributed by atoms with Crippen molar-refractivity contribution >= 4 is 26.7 Å². The molecular formula is C16H9BrN2O. The van der Waals surface area contributed by atoms with Crippen molar-refractivity contribution in [3.8, 4) is 17.3 Å². The zero-order valence-electron chi connectivity index (χ0n) is 10.4. The number of rotatable bonds is 1. The standard InChI is InChI=1S/C16H9BrN2O/c17-14-12-3-1-2-4-13(12)16(20)19-15(14)11-7-5-10(9-18)6-8-11/h1-8H,(H,19,20). The highest BCUT2D eigenvalue weighted by atomic mass is 79.9. The predicted molar refractivity (Wildman–Crippen MR) is 82.4 cm³/mol. The summed E-state index contributed by atoms with van der Waals surface area (Å²) in [5.74, 6) is 0. The van der Waals surface area contributed by atoms with E-state index in [4.69, 9.17) is 5.26 Å². The first-order valence-electron chi connectivity index (χ1n) is 6.02. The van der Waals surface area contributed by atoms with Crippen LogP contribution in [0.3, 0.4) is 0 Å². The van der Waals surface area contributed by atoms with Gasteiger partial charge in [0.2, 0.25) is 0 Å². The van der Waals surface area contributed by atoms with Crippen LogP contribution in [0.2, 0.25) is 0 Å². The molecule has 0 fully saturated rings. The van der Waals surface area contributed by atoms with Gasteiger partial charge < -0.3 is 4.98 Å². The van der Waals surface area contributed by atoms with Crippen molar-refractivity contribution in [2.24, 2.45) is 0 Å². The summed E-state index contributed by atoms with van der Waals surface area (Å²) < 4.78 is 0.845. The minimum absolute atomic E-state index is 0.122. The van der Waals surface area contributed by atoms with Crippen LogP contribution in [0.5, 0.6) is 0 Å². The molecule has 3 nitrogen and oxygen atoms in total. The highest BCUT2D eigenvalue weighted by molar-refractivity contribution is 9.10. The average molecular weight is 325 g/mol. The molecule has 2 aromatic carbocycles. The summed E-state index contributed by atoms with van der Waals surface area (Å²) in [6.45, 7) is 0. The van der Waals surface area contributed by atoms with Gasteiger partial charge in [-0.3, -0.25) is 4.79 Å². The van der Waals surface area contributed by atoms with Crippen LogP contribution >= 0.6 is 15.9 Å². The molecule has 0 aliphatic heterocycles. The van der Waals surface area contributed by atoms with E-state index in [9.17, 15) is 4.79 Å². The molecule has 3 rings (SSSR count). The summed E-state index contributed by atoms with van der Waals surface area (Å²) in [6, 6.07) is 16.6. The molecule has 0 aliphatic carbocycles. The van der Waals surface area contributed by atoms with Crippen molar-refractivity contribution in [2.75, 3.05) is 0 Å². The molecule has 0 saturated carbocycles. The maximum absolute atomic E-state index is 12.1. The molecule has 20 heavy (non-hydrogen) atoms. The molecule has 4 heteroatoms. The highest BCUT2D eigenvalue weighted by Crippen LogP contribution is 2.30. The number of nitrogens with one attached hydrogen (secondary N) is 1. The van der Waals surface area contributed by atoms with Crippen molar-refractivity contribution < 1.29 is 0 Å². The third-order valence-electron chi connectivity index (χ3n) is 3.17. The Bertz CT molecular complexity index is 889. The summed E-state index contributed by atoms with van der Waals surface area (Å²) in [5.41, 5.74) is 2.05. The van der Waals surface area contributed by atoms with Crippen LogP contribution in [-0.2, 0) is 0 Å². The number of hydrogen-bond donors (Lipinski definition) is 1. The van der Waals surface area contributed by atoms with E-state index < -0.39 is 0 Å². The Hall–Kier alpha value is -2.38. The molecule has 0 atom stereocenters. The van der Waals surface area contributed by atoms with Crippen molar-refractivity contribution in [2.45, 2.75) is 0 Å². The molecule has 0 radical (unpaired) electrons. The lowest BCUT2D eigenvalue weighted by Crippen LogP contribution is -2.08. The summed E-state index contributed by atoms with van der Waals surface area (Å²) in [4.78, 5) is 15.0. The minimum atomic E-state index is -0.122. The van der Waals surface area contributed by atoms with Gasteiger partial charge in [-0.25, -0.2) is 0 Å². The Labute approximate surface area is 123 Å². The maximum Gasteiger partial charge on any atom is 0.256 e. The molecule has 0 bridgehead atoms. The van der Waals surface area contributed by atoms with Gasteiger partial charge in [0, 0.05) is 15.2 Å². The van der Waals surface area contributed by atoms with Crippen molar-refractivity contribution in [1.29, 1.82) is 5.26 Å². The maximum atomic E-state index is 12.1. The Morgan fingerprint density at radius 2 is 1.65 bits per heavy atom. The van der Waals surface area contributed by atoms with E-state index in [1.54, 1.807) is 18.2 Å². The van der Waals surface area contributed by atoms with Gasteiger partial charge in [0.15, 0.2) is 0 Å². The van der Waals surface area contributed by atoms with Crippen LogP contribution in [0, 0.1) is 11.3 Å². The second-order valence-electron chi connectivity index (χ2n) is 4.38. The van der Waals surface area contributed by atoms with Crippen LogP contribution < -0.4 is 5.56 Å². The number of H-pyrrole nitrogens is 1. The first kappa shape index (κ1) is 12.6. The second-order valence-corrected chi connectivity index (χ2v) is 5.17. The lowest BCUT2D eigenvalue weighted by molar-refractivity contribution is 1.26. The molecular weight excluding hydrogens is 316 g/mol. The van der Waals surface area contributed by atoms with E-state index in [-0.39, 0.29) is 5.56 Å². The number of aromatic nitrogens is 1. The molecule has 0 amide bonds. The monoisotopic (exact) mass is 324 g/mol. The molecule has 1 heterocycles. The highest BCUT2D eigenvalue weighted by Gasteiger charge is 2.10. The number of benzene rings is 2. The number of fused-ring (bicyclic) bond motifs is 1. The van der Waals surface area contributed by atoms with E-state index in [0.717, 1.165) is 21.1 Å². The predicted octanol–water partition coefficient (Wildman–Crippen LogP) is 3.83. The number of aromatic amines is 1. The van der Waals surface area contributed by atoms with Crippen molar-refractivity contribution in [3.05, 3.63) is 68.9 Å². The quantitative estimate of drug-likeness (QED) is 0.739. The fourth-order valence-electron chi connectivity index (χ4n) is 2.15. The van der Waals surface area contributed by atoms with Gasteiger partial charge >= 0.3 is 0 Å².